The molecule has 2 N–H and O–H groups in total. The Morgan fingerprint density at radius 2 is 1.94 bits per heavy atom. The highest BCUT2D eigenvalue weighted by Crippen LogP contribution is 2.20. The number of tetrazole rings is 1. The van der Waals surface area contributed by atoms with Crippen LogP contribution in [0.1, 0.15) is 21.9 Å². The molecule has 0 bridgehead atoms. The summed E-state index contributed by atoms with van der Waals surface area (Å²) in [5.41, 5.74) is 1.24. The Labute approximate surface area is 182 Å². The first-order valence-corrected chi connectivity index (χ1v) is 9.75. The van der Waals surface area contributed by atoms with E-state index < -0.39 is 23.7 Å². The van der Waals surface area contributed by atoms with Crippen LogP contribution in [0, 0.1) is 12.7 Å². The van der Waals surface area contributed by atoms with Gasteiger partial charge in [-0.2, -0.15) is 4.68 Å². The van der Waals surface area contributed by atoms with Crippen LogP contribution in [0.2, 0.25) is 0 Å². The van der Waals surface area contributed by atoms with Crippen LogP contribution in [0.4, 0.5) is 10.1 Å². The lowest BCUT2D eigenvalue weighted by atomic mass is 10.0. The summed E-state index contributed by atoms with van der Waals surface area (Å²) in [6.45, 7) is 1.70. The van der Waals surface area contributed by atoms with Crippen molar-refractivity contribution in [2.75, 3.05) is 5.32 Å². The molecule has 0 radical (unpaired) electrons. The van der Waals surface area contributed by atoms with Crippen LogP contribution in [0.5, 0.6) is 0 Å². The summed E-state index contributed by atoms with van der Waals surface area (Å²) in [5.74, 6) is -1.20. The number of amides is 2. The Kier molecular flexibility index (Phi) is 6.02. The van der Waals surface area contributed by atoms with Crippen molar-refractivity contribution in [2.24, 2.45) is 0 Å². The maximum atomic E-state index is 14.5. The van der Waals surface area contributed by atoms with E-state index in [1.807, 2.05) is 30.3 Å². The van der Waals surface area contributed by atoms with E-state index in [1.54, 1.807) is 13.0 Å². The van der Waals surface area contributed by atoms with E-state index in [-0.39, 0.29) is 17.9 Å². The highest BCUT2D eigenvalue weighted by Gasteiger charge is 2.24. The smallest absolute Gasteiger partial charge is 0.287 e. The summed E-state index contributed by atoms with van der Waals surface area (Å²) in [6, 6.07) is 15.4. The molecule has 4 aromatic rings. The molecule has 0 fully saturated rings. The van der Waals surface area contributed by atoms with Crippen molar-refractivity contribution in [2.45, 2.75) is 19.4 Å². The minimum atomic E-state index is -0.979. The lowest BCUT2D eigenvalue weighted by Crippen LogP contribution is -2.45. The molecular weight excluding hydrogens is 415 g/mol. The van der Waals surface area contributed by atoms with Gasteiger partial charge in [0.05, 0.1) is 17.6 Å². The summed E-state index contributed by atoms with van der Waals surface area (Å²) >= 11 is 0. The minimum Gasteiger partial charge on any atom is -0.459 e. The maximum absolute atomic E-state index is 14.5. The molecule has 32 heavy (non-hydrogen) atoms. The fraction of sp³-hybridized carbons (Fsp3) is 0.136. The standard InChI is InChI=1S/C22H19FN6O3/c1-14-26-27-28-29(14)16-9-10-17(23)18(13-16)24-21(30)19(12-15-6-3-2-4-7-15)25-22(31)20-8-5-11-32-20/h2-11,13,19H,12H2,1H3,(H,24,30)(H,25,31). The van der Waals surface area contributed by atoms with Crippen LogP contribution >= 0.6 is 0 Å². The SMILES string of the molecule is Cc1nnnn1-c1ccc(F)c(NC(=O)C(Cc2ccccc2)NC(=O)c2ccco2)c1. The number of carbonyl (C=O) groups excluding carboxylic acids is 2. The van der Waals surface area contributed by atoms with E-state index in [0.29, 0.717) is 11.5 Å². The minimum absolute atomic E-state index is 0.0623. The topological polar surface area (TPSA) is 115 Å². The number of hydrogen-bond donors (Lipinski definition) is 2. The average molecular weight is 434 g/mol. The molecule has 2 heterocycles. The number of hydrogen-bond acceptors (Lipinski definition) is 6. The molecule has 0 saturated heterocycles. The van der Waals surface area contributed by atoms with Crippen LogP contribution in [-0.2, 0) is 11.2 Å². The van der Waals surface area contributed by atoms with Gasteiger partial charge in [-0.15, -0.1) is 5.10 Å². The Hall–Kier alpha value is -4.34. The Morgan fingerprint density at radius 3 is 2.62 bits per heavy atom. The van der Waals surface area contributed by atoms with Gasteiger partial charge in [0.2, 0.25) is 5.91 Å². The van der Waals surface area contributed by atoms with Gasteiger partial charge in [0, 0.05) is 6.42 Å². The van der Waals surface area contributed by atoms with Gasteiger partial charge in [0.15, 0.2) is 11.6 Å². The molecule has 9 nitrogen and oxygen atoms in total. The van der Waals surface area contributed by atoms with E-state index in [0.717, 1.165) is 5.56 Å². The molecular formula is C22H19FN6O3. The largest absolute Gasteiger partial charge is 0.459 e. The van der Waals surface area contributed by atoms with Crippen molar-refractivity contribution in [1.29, 1.82) is 0 Å². The third-order valence-corrected chi connectivity index (χ3v) is 4.73. The lowest BCUT2D eigenvalue weighted by molar-refractivity contribution is -0.118. The van der Waals surface area contributed by atoms with E-state index in [9.17, 15) is 14.0 Å². The predicted octanol–water partition coefficient (Wildman–Crippen LogP) is 2.68. The van der Waals surface area contributed by atoms with Gasteiger partial charge in [0.1, 0.15) is 11.9 Å². The molecule has 1 atom stereocenters. The maximum Gasteiger partial charge on any atom is 0.287 e. The summed E-state index contributed by atoms with van der Waals surface area (Å²) in [6.07, 6.45) is 1.57. The predicted molar refractivity (Wildman–Crippen MR) is 113 cm³/mol. The van der Waals surface area contributed by atoms with Crippen LogP contribution in [0.15, 0.2) is 71.3 Å². The Balaban J connectivity index is 1.58. The van der Waals surface area contributed by atoms with Crippen molar-refractivity contribution in [3.63, 3.8) is 0 Å². The van der Waals surface area contributed by atoms with Crippen LogP contribution in [0.25, 0.3) is 5.69 Å². The number of benzene rings is 2. The molecule has 162 valence electrons. The van der Waals surface area contributed by atoms with Crippen molar-refractivity contribution >= 4 is 17.5 Å². The second kappa shape index (κ2) is 9.21. The quantitative estimate of drug-likeness (QED) is 0.462. The highest BCUT2D eigenvalue weighted by atomic mass is 19.1. The second-order valence-corrected chi connectivity index (χ2v) is 6.98. The van der Waals surface area contributed by atoms with Crippen LogP contribution in [-0.4, -0.2) is 38.1 Å². The Morgan fingerprint density at radius 1 is 1.12 bits per heavy atom. The number of halogens is 1. The first-order chi connectivity index (χ1) is 15.5. The molecule has 0 aliphatic carbocycles. The molecule has 1 unspecified atom stereocenters. The fourth-order valence-corrected chi connectivity index (χ4v) is 3.13. The van der Waals surface area contributed by atoms with Crippen LogP contribution in [0.3, 0.4) is 0 Å². The number of nitrogens with zero attached hydrogens (tertiary/aromatic N) is 4. The lowest BCUT2D eigenvalue weighted by Gasteiger charge is -2.19. The fourth-order valence-electron chi connectivity index (χ4n) is 3.13. The van der Waals surface area contributed by atoms with E-state index in [1.165, 1.54) is 35.2 Å². The third kappa shape index (κ3) is 4.69. The monoisotopic (exact) mass is 434 g/mol. The number of rotatable bonds is 7. The second-order valence-electron chi connectivity index (χ2n) is 6.98. The van der Waals surface area contributed by atoms with Gasteiger partial charge < -0.3 is 15.1 Å². The zero-order chi connectivity index (χ0) is 22.5. The van der Waals surface area contributed by atoms with Gasteiger partial charge in [-0.1, -0.05) is 30.3 Å². The van der Waals surface area contributed by atoms with Gasteiger partial charge in [0.25, 0.3) is 5.91 Å². The van der Waals surface area contributed by atoms with Gasteiger partial charge in [-0.25, -0.2) is 4.39 Å². The first kappa shape index (κ1) is 20.9. The average Bonchev–Trinajstić information content (AvgIpc) is 3.47. The third-order valence-electron chi connectivity index (χ3n) is 4.73. The zero-order valence-corrected chi connectivity index (χ0v) is 17.0. The number of aryl methyl sites for hydroxylation is 1. The zero-order valence-electron chi connectivity index (χ0n) is 17.0. The molecule has 4 rings (SSSR count). The number of aromatic nitrogens is 4. The van der Waals surface area contributed by atoms with E-state index >= 15 is 0 Å². The molecule has 2 aromatic carbocycles. The highest BCUT2D eigenvalue weighted by molar-refractivity contribution is 6.00. The van der Waals surface area contributed by atoms with Crippen molar-refractivity contribution in [1.82, 2.24) is 25.5 Å². The van der Waals surface area contributed by atoms with Gasteiger partial charge in [-0.3, -0.25) is 9.59 Å². The molecule has 2 aromatic heterocycles. The first-order valence-electron chi connectivity index (χ1n) is 9.75. The van der Waals surface area contributed by atoms with E-state index in [4.69, 9.17) is 4.42 Å². The summed E-state index contributed by atoms with van der Waals surface area (Å²) in [7, 11) is 0. The summed E-state index contributed by atoms with van der Waals surface area (Å²) < 4.78 is 21.0. The number of nitrogens with one attached hydrogen (secondary N) is 2. The molecule has 10 heteroatoms. The van der Waals surface area contributed by atoms with E-state index in [2.05, 4.69) is 26.2 Å². The van der Waals surface area contributed by atoms with Crippen molar-refractivity contribution in [3.8, 4) is 5.69 Å². The van der Waals surface area contributed by atoms with Crippen molar-refractivity contribution < 1.29 is 18.4 Å². The number of anilines is 1. The molecule has 2 amide bonds. The summed E-state index contributed by atoms with van der Waals surface area (Å²) in [5, 5.41) is 16.4. The number of furan rings is 1. The molecule has 0 aliphatic rings. The normalized spacial score (nSPS) is 11.7. The number of carbonyl (C=O) groups is 2. The summed E-state index contributed by atoms with van der Waals surface area (Å²) in [4.78, 5) is 25.6. The van der Waals surface area contributed by atoms with Gasteiger partial charge in [-0.05, 0) is 53.2 Å². The van der Waals surface area contributed by atoms with Gasteiger partial charge >= 0.3 is 0 Å². The van der Waals surface area contributed by atoms with Crippen LogP contribution < -0.4 is 10.6 Å². The van der Waals surface area contributed by atoms with Crippen molar-refractivity contribution in [3.05, 3.63) is 89.9 Å². The molecule has 0 spiro atoms. The molecule has 0 saturated carbocycles. The Bertz CT molecular complexity index is 1220. The molecule has 0 aliphatic heterocycles.